The van der Waals surface area contributed by atoms with Gasteiger partial charge in [0.1, 0.15) is 12.7 Å². The molecule has 0 aromatic heterocycles. The molecule has 346 valence electrons. The number of allylic oxidation sites excluding steroid dienone is 2. The maximum atomic E-state index is 12.7. The van der Waals surface area contributed by atoms with Gasteiger partial charge in [0.05, 0.1) is 38.1 Å². The third kappa shape index (κ3) is 30.9. The molecular weight excluding hydrogens is 783 g/mol. The summed E-state index contributed by atoms with van der Waals surface area (Å²) in [5.74, 6) is -1.45. The lowest BCUT2D eigenvalue weighted by Gasteiger charge is -2.36. The highest BCUT2D eigenvalue weighted by Crippen LogP contribution is 2.43. The van der Waals surface area contributed by atoms with E-state index in [9.17, 15) is 39.5 Å². The zero-order valence-electron chi connectivity index (χ0n) is 36.3. The first kappa shape index (κ1) is 55.3. The molecule has 0 aromatic carbocycles. The molecular formula is C44H81O14P. The first-order valence-corrected chi connectivity index (χ1v) is 24.2. The molecule has 1 rings (SSSR count). The Labute approximate surface area is 354 Å². The van der Waals surface area contributed by atoms with Crippen LogP contribution in [-0.2, 0) is 37.4 Å². The smallest absolute Gasteiger partial charge is 0.462 e. The van der Waals surface area contributed by atoms with Gasteiger partial charge >= 0.3 is 19.8 Å². The standard InChI is InChI=1S/C44H81O14P/c1-3-5-7-8-9-10-11-12-13-14-15-16-17-18-23-27-42(49)54-34-38(35-56-59(52,53)55-33-37(47)32-45)57-43(50)28-24-20-19-22-26-39-40(48)31-44(51)58-41(39)30-29-36(46)25-21-6-4-2/h19,22,29-30,36-41,44-48,51H,3-18,20-21,23-28,31-35H2,1-2H3,(H,52,53)/b22-19-,30-29+/t36-,37-,38+,39-,40-,41+,44?/m0/s1. The second-order valence-corrected chi connectivity index (χ2v) is 17.4. The highest BCUT2D eigenvalue weighted by molar-refractivity contribution is 7.47. The van der Waals surface area contributed by atoms with Gasteiger partial charge in [0.25, 0.3) is 0 Å². The third-order valence-corrected chi connectivity index (χ3v) is 11.4. The molecule has 0 aromatic rings. The summed E-state index contributed by atoms with van der Waals surface area (Å²) in [5.41, 5.74) is 0. The van der Waals surface area contributed by atoms with Gasteiger partial charge in [0.15, 0.2) is 12.4 Å². The van der Waals surface area contributed by atoms with Crippen molar-refractivity contribution in [3.8, 4) is 0 Å². The van der Waals surface area contributed by atoms with Crippen LogP contribution in [0, 0.1) is 5.92 Å². The van der Waals surface area contributed by atoms with Gasteiger partial charge in [-0.05, 0) is 32.1 Å². The van der Waals surface area contributed by atoms with Crippen LogP contribution >= 0.6 is 7.82 Å². The van der Waals surface area contributed by atoms with E-state index in [0.717, 1.165) is 38.5 Å². The SMILES string of the molecule is CCCCCCCCCCCCCCCCCC(=O)OC[C@H](COP(=O)(O)OC[C@@H](O)CO)OC(=O)CCC/C=C\C[C@H]1[C@@H](O)CC(O)O[C@@H]1/C=C/[C@@H](O)CCCCC. The molecule has 0 amide bonds. The van der Waals surface area contributed by atoms with Gasteiger partial charge in [0.2, 0.25) is 0 Å². The van der Waals surface area contributed by atoms with Crippen molar-refractivity contribution in [2.45, 2.75) is 211 Å². The molecule has 1 saturated heterocycles. The number of phosphoric acid groups is 1. The summed E-state index contributed by atoms with van der Waals surface area (Å²) in [6, 6.07) is 0. The van der Waals surface area contributed by atoms with E-state index in [4.69, 9.17) is 23.8 Å². The van der Waals surface area contributed by atoms with Crippen LogP contribution in [0.25, 0.3) is 0 Å². The van der Waals surface area contributed by atoms with E-state index in [1.54, 1.807) is 12.2 Å². The van der Waals surface area contributed by atoms with Gasteiger partial charge in [-0.3, -0.25) is 18.6 Å². The molecule has 8 atom stereocenters. The van der Waals surface area contributed by atoms with Gasteiger partial charge in [-0.15, -0.1) is 0 Å². The molecule has 6 N–H and O–H groups in total. The van der Waals surface area contributed by atoms with E-state index in [0.29, 0.717) is 32.1 Å². The number of aliphatic hydroxyl groups is 5. The number of ether oxygens (including phenoxy) is 3. The number of esters is 2. The van der Waals surface area contributed by atoms with Crippen molar-refractivity contribution in [2.75, 3.05) is 26.4 Å². The Kier molecular flexibility index (Phi) is 33.6. The zero-order chi connectivity index (χ0) is 43.6. The highest BCUT2D eigenvalue weighted by atomic mass is 31.2. The van der Waals surface area contributed by atoms with Crippen LogP contribution in [0.3, 0.4) is 0 Å². The molecule has 1 fully saturated rings. The Balaban J connectivity index is 2.49. The second kappa shape index (κ2) is 35.8. The highest BCUT2D eigenvalue weighted by Gasteiger charge is 2.35. The normalized spacial score (nSPS) is 21.1. The lowest BCUT2D eigenvalue weighted by Crippen LogP contribution is -2.43. The lowest BCUT2D eigenvalue weighted by molar-refractivity contribution is -0.199. The molecule has 14 nitrogen and oxygen atoms in total. The molecule has 0 bridgehead atoms. The Hall–Kier alpha value is -1.71. The van der Waals surface area contributed by atoms with Gasteiger partial charge < -0.3 is 44.6 Å². The summed E-state index contributed by atoms with van der Waals surface area (Å²) < 4.78 is 38.4. The summed E-state index contributed by atoms with van der Waals surface area (Å²) in [4.78, 5) is 35.2. The minimum Gasteiger partial charge on any atom is -0.462 e. The summed E-state index contributed by atoms with van der Waals surface area (Å²) in [7, 11) is -4.69. The number of carbonyl (C=O) groups excluding carboxylic acids is 2. The summed E-state index contributed by atoms with van der Waals surface area (Å²) >= 11 is 0. The van der Waals surface area contributed by atoms with Crippen LogP contribution in [0.2, 0.25) is 0 Å². The van der Waals surface area contributed by atoms with Gasteiger partial charge in [0, 0.05) is 25.2 Å². The van der Waals surface area contributed by atoms with Crippen LogP contribution in [0.5, 0.6) is 0 Å². The van der Waals surface area contributed by atoms with Crippen molar-refractivity contribution >= 4 is 19.8 Å². The van der Waals surface area contributed by atoms with Gasteiger partial charge in [-0.2, -0.15) is 0 Å². The lowest BCUT2D eigenvalue weighted by atomic mass is 9.87. The first-order chi connectivity index (χ1) is 28.4. The molecule has 1 aliphatic rings. The molecule has 15 heteroatoms. The Bertz CT molecular complexity index is 1150. The predicted octanol–water partition coefficient (Wildman–Crippen LogP) is 7.89. The van der Waals surface area contributed by atoms with Gasteiger partial charge in [-0.1, -0.05) is 147 Å². The quantitative estimate of drug-likeness (QED) is 0.0151. The Morgan fingerprint density at radius 2 is 1.31 bits per heavy atom. The fraction of sp³-hybridized carbons (Fsp3) is 0.864. The number of carbonyl (C=O) groups is 2. The Morgan fingerprint density at radius 1 is 0.746 bits per heavy atom. The molecule has 0 saturated carbocycles. The average molecular weight is 865 g/mol. The van der Waals surface area contributed by atoms with Crippen molar-refractivity contribution in [3.05, 3.63) is 24.3 Å². The molecule has 1 aliphatic heterocycles. The number of rotatable bonds is 38. The van der Waals surface area contributed by atoms with E-state index in [-0.39, 0.29) is 25.2 Å². The maximum absolute atomic E-state index is 12.7. The molecule has 1 heterocycles. The fourth-order valence-corrected chi connectivity index (χ4v) is 7.59. The monoisotopic (exact) mass is 865 g/mol. The van der Waals surface area contributed by atoms with Crippen molar-refractivity contribution in [1.29, 1.82) is 0 Å². The molecule has 2 unspecified atom stereocenters. The molecule has 0 spiro atoms. The van der Waals surface area contributed by atoms with Crippen LogP contribution in [0.15, 0.2) is 24.3 Å². The summed E-state index contributed by atoms with van der Waals surface area (Å²) in [6.07, 6.45) is 24.7. The van der Waals surface area contributed by atoms with Crippen LogP contribution in [0.1, 0.15) is 174 Å². The van der Waals surface area contributed by atoms with Crippen molar-refractivity contribution in [3.63, 3.8) is 0 Å². The molecule has 0 aliphatic carbocycles. The van der Waals surface area contributed by atoms with Crippen molar-refractivity contribution in [1.82, 2.24) is 0 Å². The second-order valence-electron chi connectivity index (χ2n) is 16.0. The van der Waals surface area contributed by atoms with Crippen molar-refractivity contribution in [2.24, 2.45) is 5.92 Å². The number of hydrogen-bond acceptors (Lipinski definition) is 13. The van der Waals surface area contributed by atoms with E-state index in [1.807, 2.05) is 12.2 Å². The first-order valence-electron chi connectivity index (χ1n) is 22.7. The van der Waals surface area contributed by atoms with E-state index in [1.165, 1.54) is 70.6 Å². The third-order valence-electron chi connectivity index (χ3n) is 10.4. The minimum atomic E-state index is -4.69. The number of unbranched alkanes of at least 4 members (excludes halogenated alkanes) is 17. The minimum absolute atomic E-state index is 0.00741. The summed E-state index contributed by atoms with van der Waals surface area (Å²) in [5, 5.41) is 49.3. The number of aliphatic hydroxyl groups excluding tert-OH is 5. The molecule has 0 radical (unpaired) electrons. The van der Waals surface area contributed by atoms with Crippen LogP contribution < -0.4 is 0 Å². The zero-order valence-corrected chi connectivity index (χ0v) is 37.1. The molecule has 59 heavy (non-hydrogen) atoms. The van der Waals surface area contributed by atoms with Crippen molar-refractivity contribution < 1.29 is 67.8 Å². The topological polar surface area (TPSA) is 219 Å². The van der Waals surface area contributed by atoms with E-state index >= 15 is 0 Å². The van der Waals surface area contributed by atoms with E-state index < -0.39 is 83.0 Å². The fourth-order valence-electron chi connectivity index (χ4n) is 6.80. The van der Waals surface area contributed by atoms with Gasteiger partial charge in [-0.25, -0.2) is 4.57 Å². The predicted molar refractivity (Wildman–Crippen MR) is 227 cm³/mol. The number of phosphoric ester groups is 1. The van der Waals surface area contributed by atoms with Crippen LogP contribution in [-0.4, -0.2) is 106 Å². The van der Waals surface area contributed by atoms with E-state index in [2.05, 4.69) is 18.4 Å². The van der Waals surface area contributed by atoms with Crippen LogP contribution in [0.4, 0.5) is 0 Å². The maximum Gasteiger partial charge on any atom is 0.472 e. The number of hydrogen-bond donors (Lipinski definition) is 6. The largest absolute Gasteiger partial charge is 0.472 e. The Morgan fingerprint density at radius 3 is 1.92 bits per heavy atom. The summed E-state index contributed by atoms with van der Waals surface area (Å²) in [6.45, 7) is 1.97. The average Bonchev–Trinajstić information content (AvgIpc) is 3.20.